The van der Waals surface area contributed by atoms with E-state index in [2.05, 4.69) is 19.2 Å². The molecule has 2 saturated carbocycles. The van der Waals surface area contributed by atoms with Crippen molar-refractivity contribution >= 4 is 11.3 Å². The van der Waals surface area contributed by atoms with Gasteiger partial charge >= 0.3 is 0 Å². The van der Waals surface area contributed by atoms with Crippen molar-refractivity contribution in [2.24, 2.45) is 5.92 Å². The predicted octanol–water partition coefficient (Wildman–Crippen LogP) is 3.02. The first-order chi connectivity index (χ1) is 9.19. The smallest absolute Gasteiger partial charge is 0.116 e. The predicted molar refractivity (Wildman–Crippen MR) is 78.7 cm³/mol. The molecule has 1 atom stereocenters. The fraction of sp³-hybridized carbons (Fsp3) is 0.800. The van der Waals surface area contributed by atoms with Gasteiger partial charge < -0.3 is 10.1 Å². The molecule has 106 valence electrons. The summed E-state index contributed by atoms with van der Waals surface area (Å²) in [4.78, 5) is 6.31. The maximum Gasteiger partial charge on any atom is 0.116 e. The van der Waals surface area contributed by atoms with E-state index >= 15 is 0 Å². The van der Waals surface area contributed by atoms with Crippen LogP contribution in [-0.2, 0) is 16.7 Å². The van der Waals surface area contributed by atoms with E-state index in [9.17, 15) is 0 Å². The van der Waals surface area contributed by atoms with Gasteiger partial charge in [-0.2, -0.15) is 0 Å². The lowest BCUT2D eigenvalue weighted by Gasteiger charge is -2.33. The average molecular weight is 280 g/mol. The molecule has 1 unspecified atom stereocenters. The summed E-state index contributed by atoms with van der Waals surface area (Å²) >= 11 is 1.87. The van der Waals surface area contributed by atoms with Gasteiger partial charge in [0.05, 0.1) is 17.8 Å². The lowest BCUT2D eigenvalue weighted by atomic mass is 9.94. The second-order valence-corrected chi connectivity index (χ2v) is 7.18. The summed E-state index contributed by atoms with van der Waals surface area (Å²) in [5.74, 6) is 0.711. The van der Waals surface area contributed by atoms with Crippen molar-refractivity contribution in [1.82, 2.24) is 10.3 Å². The minimum atomic E-state index is -0.0151. The number of nitrogens with zero attached hydrogens (tertiary/aromatic N) is 1. The Balaban J connectivity index is 1.94. The van der Waals surface area contributed by atoms with Crippen molar-refractivity contribution in [3.05, 3.63) is 15.6 Å². The van der Waals surface area contributed by atoms with Crippen LogP contribution in [0, 0.1) is 12.8 Å². The van der Waals surface area contributed by atoms with Crippen LogP contribution in [0.15, 0.2) is 0 Å². The standard InChI is InChI=1S/C15H24N2OS/c1-4-13-10(2)19-14(16-13)15(9-18-3,11-5-6-11)17-12-7-8-12/h11-12,17H,4-9H2,1-3H3. The number of hydrogen-bond donors (Lipinski definition) is 1. The van der Waals surface area contributed by atoms with E-state index in [4.69, 9.17) is 9.72 Å². The molecule has 1 N–H and O–H groups in total. The van der Waals surface area contributed by atoms with Gasteiger partial charge in [0.1, 0.15) is 5.01 Å². The summed E-state index contributed by atoms with van der Waals surface area (Å²) in [6, 6.07) is 0.685. The van der Waals surface area contributed by atoms with Crippen LogP contribution in [-0.4, -0.2) is 24.7 Å². The molecule has 1 aromatic heterocycles. The van der Waals surface area contributed by atoms with Gasteiger partial charge in [-0.15, -0.1) is 11.3 Å². The van der Waals surface area contributed by atoms with Crippen molar-refractivity contribution < 1.29 is 4.74 Å². The first-order valence-electron chi connectivity index (χ1n) is 7.43. The van der Waals surface area contributed by atoms with Gasteiger partial charge in [0.15, 0.2) is 0 Å². The molecule has 0 saturated heterocycles. The number of ether oxygens (including phenoxy) is 1. The molecule has 0 amide bonds. The maximum atomic E-state index is 5.58. The second kappa shape index (κ2) is 5.15. The molecule has 2 aliphatic carbocycles. The van der Waals surface area contributed by atoms with E-state index in [0.29, 0.717) is 12.0 Å². The SMILES string of the molecule is CCc1nc(C(COC)(NC2CC2)C2CC2)sc1C. The highest BCUT2D eigenvalue weighted by Gasteiger charge is 2.51. The third-order valence-electron chi connectivity index (χ3n) is 4.29. The van der Waals surface area contributed by atoms with Crippen LogP contribution < -0.4 is 5.32 Å². The summed E-state index contributed by atoms with van der Waals surface area (Å²) in [6.07, 6.45) is 6.26. The third-order valence-corrected chi connectivity index (χ3v) is 5.49. The van der Waals surface area contributed by atoms with Crippen LogP contribution in [0.4, 0.5) is 0 Å². The number of aromatic nitrogens is 1. The summed E-state index contributed by atoms with van der Waals surface area (Å²) in [5, 5.41) is 5.13. The molecule has 4 heteroatoms. The fourth-order valence-electron chi connectivity index (χ4n) is 2.92. The largest absolute Gasteiger partial charge is 0.382 e. The Hall–Kier alpha value is -0.450. The normalized spacial score (nSPS) is 22.5. The second-order valence-electron chi connectivity index (χ2n) is 5.97. The van der Waals surface area contributed by atoms with Gasteiger partial charge in [-0.05, 0) is 44.9 Å². The highest BCUT2D eigenvalue weighted by Crippen LogP contribution is 2.48. The Morgan fingerprint density at radius 3 is 2.58 bits per heavy atom. The lowest BCUT2D eigenvalue weighted by molar-refractivity contribution is 0.0908. The fourth-order valence-corrected chi connectivity index (χ4v) is 4.14. The van der Waals surface area contributed by atoms with Gasteiger partial charge in [-0.3, -0.25) is 0 Å². The monoisotopic (exact) mass is 280 g/mol. The molecule has 3 rings (SSSR count). The highest BCUT2D eigenvalue weighted by atomic mass is 32.1. The minimum absolute atomic E-state index is 0.0151. The highest BCUT2D eigenvalue weighted by molar-refractivity contribution is 7.11. The molecule has 0 spiro atoms. The molecule has 0 aromatic carbocycles. The van der Waals surface area contributed by atoms with E-state index in [-0.39, 0.29) is 5.54 Å². The first kappa shape index (κ1) is 13.5. The van der Waals surface area contributed by atoms with Gasteiger partial charge in [0, 0.05) is 18.0 Å². The number of hydrogen-bond acceptors (Lipinski definition) is 4. The number of nitrogens with one attached hydrogen (secondary N) is 1. The third kappa shape index (κ3) is 2.58. The zero-order chi connectivity index (χ0) is 13.5. The molecule has 0 radical (unpaired) electrons. The molecule has 0 aliphatic heterocycles. The molecule has 2 aliphatic rings. The Kier molecular flexibility index (Phi) is 3.67. The molecule has 2 fully saturated rings. The molecule has 3 nitrogen and oxygen atoms in total. The van der Waals surface area contributed by atoms with Crippen LogP contribution >= 0.6 is 11.3 Å². The van der Waals surface area contributed by atoms with Gasteiger partial charge in [-0.1, -0.05) is 6.92 Å². The van der Waals surface area contributed by atoms with Crippen molar-refractivity contribution in [1.29, 1.82) is 0 Å². The molecule has 1 aromatic rings. The van der Waals surface area contributed by atoms with Crippen LogP contribution in [0.3, 0.4) is 0 Å². The molecule has 0 bridgehead atoms. The zero-order valence-corrected chi connectivity index (χ0v) is 13.0. The molecule has 19 heavy (non-hydrogen) atoms. The lowest BCUT2D eigenvalue weighted by Crippen LogP contribution is -2.49. The molecular weight excluding hydrogens is 256 g/mol. The van der Waals surface area contributed by atoms with Crippen molar-refractivity contribution in [3.63, 3.8) is 0 Å². The van der Waals surface area contributed by atoms with E-state index in [1.54, 1.807) is 0 Å². The maximum absolute atomic E-state index is 5.58. The summed E-state index contributed by atoms with van der Waals surface area (Å²) in [6.45, 7) is 5.14. The van der Waals surface area contributed by atoms with E-state index < -0.39 is 0 Å². The summed E-state index contributed by atoms with van der Waals surface area (Å²) < 4.78 is 5.58. The van der Waals surface area contributed by atoms with Gasteiger partial charge in [0.2, 0.25) is 0 Å². The quantitative estimate of drug-likeness (QED) is 0.833. The number of thiazole rings is 1. The van der Waals surface area contributed by atoms with Gasteiger partial charge in [0.25, 0.3) is 0 Å². The Morgan fingerprint density at radius 1 is 1.37 bits per heavy atom. The topological polar surface area (TPSA) is 34.1 Å². The Bertz CT molecular complexity index is 451. The number of aryl methyl sites for hydroxylation is 2. The number of methoxy groups -OCH3 is 1. The van der Waals surface area contributed by atoms with Crippen LogP contribution in [0.1, 0.15) is 48.2 Å². The molecule has 1 heterocycles. The van der Waals surface area contributed by atoms with Crippen LogP contribution in [0.25, 0.3) is 0 Å². The summed E-state index contributed by atoms with van der Waals surface area (Å²) in [5.41, 5.74) is 1.25. The van der Waals surface area contributed by atoms with Crippen LogP contribution in [0.2, 0.25) is 0 Å². The average Bonchev–Trinajstić information content (AvgIpc) is 3.27. The Labute approximate surface area is 119 Å². The van der Waals surface area contributed by atoms with E-state index in [1.165, 1.54) is 41.3 Å². The van der Waals surface area contributed by atoms with Crippen molar-refractivity contribution in [3.8, 4) is 0 Å². The van der Waals surface area contributed by atoms with Crippen LogP contribution in [0.5, 0.6) is 0 Å². The zero-order valence-electron chi connectivity index (χ0n) is 12.2. The summed E-state index contributed by atoms with van der Waals surface area (Å²) in [7, 11) is 1.81. The van der Waals surface area contributed by atoms with Gasteiger partial charge in [-0.25, -0.2) is 4.98 Å². The Morgan fingerprint density at radius 2 is 2.11 bits per heavy atom. The van der Waals surface area contributed by atoms with Crippen molar-refractivity contribution in [2.45, 2.75) is 57.5 Å². The molecular formula is C15H24N2OS. The van der Waals surface area contributed by atoms with E-state index in [0.717, 1.165) is 13.0 Å². The minimum Gasteiger partial charge on any atom is -0.382 e. The number of rotatable bonds is 7. The van der Waals surface area contributed by atoms with Crippen molar-refractivity contribution in [2.75, 3.05) is 13.7 Å². The first-order valence-corrected chi connectivity index (χ1v) is 8.24. The van der Waals surface area contributed by atoms with E-state index in [1.807, 2.05) is 18.4 Å².